The molecule has 1 saturated heterocycles. The largest absolute Gasteiger partial charge is 0.483 e. The first-order chi connectivity index (χ1) is 12.8. The van der Waals surface area contributed by atoms with E-state index < -0.39 is 0 Å². The Morgan fingerprint density at radius 3 is 2.65 bits per heavy atom. The van der Waals surface area contributed by atoms with E-state index in [0.717, 1.165) is 36.3 Å². The molecule has 0 saturated carbocycles. The van der Waals surface area contributed by atoms with E-state index in [4.69, 9.17) is 4.74 Å². The summed E-state index contributed by atoms with van der Waals surface area (Å²) in [5.74, 6) is 0.808. The maximum Gasteiger partial charge on any atom is 0.261 e. The molecular formula is C22H21NO2S. The van der Waals surface area contributed by atoms with E-state index in [1.54, 1.807) is 11.3 Å². The van der Waals surface area contributed by atoms with Crippen molar-refractivity contribution in [2.75, 3.05) is 13.2 Å². The third kappa shape index (κ3) is 3.51. The summed E-state index contributed by atoms with van der Waals surface area (Å²) < 4.78 is 5.94. The fourth-order valence-corrected chi connectivity index (χ4v) is 4.39. The minimum atomic E-state index is 0.0590. The first-order valence-corrected chi connectivity index (χ1v) is 9.81. The lowest BCUT2D eigenvalue weighted by atomic mass is 10.1. The van der Waals surface area contributed by atoms with E-state index in [1.807, 2.05) is 53.4 Å². The predicted octanol–water partition coefficient (Wildman–Crippen LogP) is 5.16. The van der Waals surface area contributed by atoms with Gasteiger partial charge >= 0.3 is 0 Å². The van der Waals surface area contributed by atoms with Crippen LogP contribution in [0.5, 0.6) is 5.75 Å². The van der Waals surface area contributed by atoms with Gasteiger partial charge in [0.05, 0.1) is 6.04 Å². The molecule has 4 heteroatoms. The van der Waals surface area contributed by atoms with Crippen LogP contribution >= 0.6 is 11.3 Å². The van der Waals surface area contributed by atoms with Crippen LogP contribution in [0.3, 0.4) is 0 Å². The highest BCUT2D eigenvalue weighted by molar-refractivity contribution is 7.10. The molecule has 0 spiro atoms. The second kappa shape index (κ2) is 7.75. The van der Waals surface area contributed by atoms with Crippen LogP contribution in [0.15, 0.2) is 72.1 Å². The molecule has 0 bridgehead atoms. The highest BCUT2D eigenvalue weighted by atomic mass is 32.1. The topological polar surface area (TPSA) is 29.5 Å². The van der Waals surface area contributed by atoms with Gasteiger partial charge in [0.15, 0.2) is 6.61 Å². The molecule has 3 nitrogen and oxygen atoms in total. The number of hydrogen-bond donors (Lipinski definition) is 0. The maximum atomic E-state index is 12.8. The normalized spacial score (nSPS) is 16.6. The zero-order valence-electron chi connectivity index (χ0n) is 14.5. The van der Waals surface area contributed by atoms with Crippen LogP contribution in [0.1, 0.15) is 23.8 Å². The zero-order valence-corrected chi connectivity index (χ0v) is 15.3. The van der Waals surface area contributed by atoms with E-state index in [9.17, 15) is 4.79 Å². The molecule has 1 aromatic heterocycles. The third-order valence-corrected chi connectivity index (χ3v) is 5.74. The number of thiophene rings is 1. The molecular weight excluding hydrogens is 342 g/mol. The summed E-state index contributed by atoms with van der Waals surface area (Å²) in [6, 6.07) is 22.4. The molecule has 26 heavy (non-hydrogen) atoms. The van der Waals surface area contributed by atoms with Crippen molar-refractivity contribution in [2.45, 2.75) is 18.9 Å². The number of rotatable bonds is 5. The highest BCUT2D eigenvalue weighted by Crippen LogP contribution is 2.35. The Balaban J connectivity index is 1.47. The molecule has 0 aliphatic carbocycles. The number of ether oxygens (including phenoxy) is 1. The molecule has 3 aromatic rings. The molecule has 1 amide bonds. The highest BCUT2D eigenvalue weighted by Gasteiger charge is 2.30. The van der Waals surface area contributed by atoms with Gasteiger partial charge in [-0.25, -0.2) is 0 Å². The summed E-state index contributed by atoms with van der Waals surface area (Å²) in [5, 5.41) is 2.07. The van der Waals surface area contributed by atoms with Crippen LogP contribution in [0.25, 0.3) is 11.1 Å². The van der Waals surface area contributed by atoms with Gasteiger partial charge in [-0.15, -0.1) is 11.3 Å². The molecule has 1 atom stereocenters. The maximum absolute atomic E-state index is 12.8. The van der Waals surface area contributed by atoms with Gasteiger partial charge in [0.25, 0.3) is 5.91 Å². The minimum absolute atomic E-state index is 0.0590. The van der Waals surface area contributed by atoms with Gasteiger partial charge in [-0.05, 0) is 35.9 Å². The second-order valence-corrected chi connectivity index (χ2v) is 7.39. The van der Waals surface area contributed by atoms with Crippen LogP contribution in [-0.2, 0) is 4.79 Å². The lowest BCUT2D eigenvalue weighted by Gasteiger charge is -2.24. The van der Waals surface area contributed by atoms with Crippen molar-refractivity contribution >= 4 is 17.2 Å². The number of amides is 1. The summed E-state index contributed by atoms with van der Waals surface area (Å²) >= 11 is 1.72. The molecule has 1 aliphatic heterocycles. The van der Waals surface area contributed by atoms with E-state index in [2.05, 4.69) is 23.6 Å². The Morgan fingerprint density at radius 1 is 1.04 bits per heavy atom. The number of benzene rings is 2. The smallest absolute Gasteiger partial charge is 0.261 e. The van der Waals surface area contributed by atoms with Crippen molar-refractivity contribution in [3.63, 3.8) is 0 Å². The summed E-state index contributed by atoms with van der Waals surface area (Å²) in [7, 11) is 0. The lowest BCUT2D eigenvalue weighted by molar-refractivity contribution is -0.134. The second-order valence-electron chi connectivity index (χ2n) is 6.41. The lowest BCUT2D eigenvalue weighted by Crippen LogP contribution is -2.34. The van der Waals surface area contributed by atoms with Crippen molar-refractivity contribution in [3.05, 3.63) is 77.0 Å². The van der Waals surface area contributed by atoms with Crippen molar-refractivity contribution in [2.24, 2.45) is 0 Å². The molecule has 0 N–H and O–H groups in total. The molecule has 2 heterocycles. The molecule has 1 unspecified atom stereocenters. The van der Waals surface area contributed by atoms with Crippen molar-refractivity contribution in [1.29, 1.82) is 0 Å². The number of likely N-dealkylation sites (tertiary alicyclic amines) is 1. The van der Waals surface area contributed by atoms with Crippen LogP contribution in [0, 0.1) is 0 Å². The van der Waals surface area contributed by atoms with Crippen LogP contribution < -0.4 is 4.74 Å². The average molecular weight is 363 g/mol. The fourth-order valence-electron chi connectivity index (χ4n) is 3.51. The average Bonchev–Trinajstić information content (AvgIpc) is 3.38. The number of hydrogen-bond acceptors (Lipinski definition) is 3. The third-order valence-electron chi connectivity index (χ3n) is 4.77. The molecule has 2 aromatic carbocycles. The van der Waals surface area contributed by atoms with E-state index in [1.165, 1.54) is 4.88 Å². The van der Waals surface area contributed by atoms with Crippen molar-refractivity contribution < 1.29 is 9.53 Å². The predicted molar refractivity (Wildman–Crippen MR) is 105 cm³/mol. The van der Waals surface area contributed by atoms with Gasteiger partial charge in [0.2, 0.25) is 0 Å². The number of carbonyl (C=O) groups excluding carboxylic acids is 1. The van der Waals surface area contributed by atoms with Gasteiger partial charge in [-0.1, -0.05) is 54.6 Å². The van der Waals surface area contributed by atoms with E-state index in [0.29, 0.717) is 0 Å². The standard InChI is InChI=1S/C22H21NO2S/c24-22(23-14-6-11-19(23)21-13-7-15-26-21)16-25-20-12-5-4-10-18(20)17-8-2-1-3-9-17/h1-5,7-10,12-13,15,19H,6,11,14,16H2. The zero-order chi connectivity index (χ0) is 17.8. The SMILES string of the molecule is O=C(COc1ccccc1-c1ccccc1)N1CCCC1c1cccs1. The first-order valence-electron chi connectivity index (χ1n) is 8.93. The van der Waals surface area contributed by atoms with Crippen LogP contribution in [0.4, 0.5) is 0 Å². The quantitative estimate of drug-likeness (QED) is 0.627. The Bertz CT molecular complexity index is 861. The number of nitrogens with zero attached hydrogens (tertiary/aromatic N) is 1. The molecule has 1 fully saturated rings. The number of para-hydroxylation sites is 1. The molecule has 0 radical (unpaired) electrons. The van der Waals surface area contributed by atoms with Gasteiger partial charge < -0.3 is 9.64 Å². The Morgan fingerprint density at radius 2 is 1.85 bits per heavy atom. The fraction of sp³-hybridized carbons (Fsp3) is 0.227. The van der Waals surface area contributed by atoms with E-state index >= 15 is 0 Å². The minimum Gasteiger partial charge on any atom is -0.483 e. The van der Waals surface area contributed by atoms with Crippen molar-refractivity contribution in [3.8, 4) is 16.9 Å². The van der Waals surface area contributed by atoms with Gasteiger partial charge in [-0.3, -0.25) is 4.79 Å². The van der Waals surface area contributed by atoms with Crippen molar-refractivity contribution in [1.82, 2.24) is 4.90 Å². The summed E-state index contributed by atoms with van der Waals surface area (Å²) in [6.45, 7) is 0.886. The summed E-state index contributed by atoms with van der Waals surface area (Å²) in [4.78, 5) is 16.0. The Kier molecular flexibility index (Phi) is 5.02. The Labute approximate surface area is 157 Å². The van der Waals surface area contributed by atoms with Crippen LogP contribution in [-0.4, -0.2) is 24.0 Å². The number of carbonyl (C=O) groups is 1. The van der Waals surface area contributed by atoms with Crippen LogP contribution in [0.2, 0.25) is 0 Å². The monoisotopic (exact) mass is 363 g/mol. The van der Waals surface area contributed by atoms with E-state index in [-0.39, 0.29) is 18.6 Å². The van der Waals surface area contributed by atoms with Gasteiger partial charge in [0, 0.05) is 17.0 Å². The molecule has 4 rings (SSSR count). The molecule has 1 aliphatic rings. The molecule has 132 valence electrons. The van der Waals surface area contributed by atoms with Gasteiger partial charge in [-0.2, -0.15) is 0 Å². The first kappa shape index (κ1) is 16.9. The summed E-state index contributed by atoms with van der Waals surface area (Å²) in [5.41, 5.74) is 2.10. The Hall–Kier alpha value is -2.59. The van der Waals surface area contributed by atoms with Gasteiger partial charge in [0.1, 0.15) is 5.75 Å². The summed E-state index contributed by atoms with van der Waals surface area (Å²) in [6.07, 6.45) is 2.09.